The van der Waals surface area contributed by atoms with E-state index in [2.05, 4.69) is 22.8 Å². The third-order valence-electron chi connectivity index (χ3n) is 5.63. The molecule has 1 aromatic heterocycles. The zero-order valence-corrected chi connectivity index (χ0v) is 19.3. The van der Waals surface area contributed by atoms with Crippen molar-refractivity contribution in [2.24, 2.45) is 0 Å². The van der Waals surface area contributed by atoms with E-state index >= 15 is 0 Å². The molecule has 4 aromatic rings. The zero-order valence-electron chi connectivity index (χ0n) is 18.5. The molecule has 3 aromatic carbocycles. The van der Waals surface area contributed by atoms with E-state index in [9.17, 15) is 9.59 Å². The predicted octanol–water partition coefficient (Wildman–Crippen LogP) is 4.72. The van der Waals surface area contributed by atoms with E-state index in [1.165, 1.54) is 11.8 Å². The Morgan fingerprint density at radius 2 is 1.68 bits per heavy atom. The number of nitrogens with one attached hydrogen (secondary N) is 2. The first kappa shape index (κ1) is 22.0. The number of carbonyl (C=O) groups excluding carboxylic acids is 2. The van der Waals surface area contributed by atoms with Gasteiger partial charge in [0.15, 0.2) is 0 Å². The Hall–Kier alpha value is -3.84. The van der Waals surface area contributed by atoms with Crippen molar-refractivity contribution in [3.05, 3.63) is 102 Å². The minimum absolute atomic E-state index is 0.115. The van der Waals surface area contributed by atoms with Crippen LogP contribution >= 0.6 is 11.8 Å². The number of fused-ring (bicyclic) bond motifs is 1. The molecule has 0 fully saturated rings. The van der Waals surface area contributed by atoms with Gasteiger partial charge in [-0.15, -0.1) is 11.8 Å². The highest BCUT2D eigenvalue weighted by Crippen LogP contribution is 2.36. The molecule has 6 nitrogen and oxygen atoms in total. The van der Waals surface area contributed by atoms with Gasteiger partial charge in [-0.1, -0.05) is 72.8 Å². The monoisotopic (exact) mass is 468 g/mol. The van der Waals surface area contributed by atoms with Crippen molar-refractivity contribution in [1.82, 2.24) is 15.1 Å². The van der Waals surface area contributed by atoms with Gasteiger partial charge >= 0.3 is 0 Å². The van der Waals surface area contributed by atoms with Crippen LogP contribution in [0.25, 0.3) is 11.3 Å². The minimum atomic E-state index is -0.454. The maximum atomic E-state index is 12.8. The summed E-state index contributed by atoms with van der Waals surface area (Å²) in [5.41, 5.74) is 4.72. The summed E-state index contributed by atoms with van der Waals surface area (Å²) in [6.07, 6.45) is 2.09. The lowest BCUT2D eigenvalue weighted by Crippen LogP contribution is -2.34. The average Bonchev–Trinajstić information content (AvgIpc) is 3.27. The lowest BCUT2D eigenvalue weighted by molar-refractivity contribution is -0.124. The number of amides is 2. The van der Waals surface area contributed by atoms with Gasteiger partial charge in [-0.2, -0.15) is 5.10 Å². The molecular formula is C27H24N4O2S. The van der Waals surface area contributed by atoms with Crippen LogP contribution in [0.1, 0.15) is 17.5 Å². The molecule has 34 heavy (non-hydrogen) atoms. The molecular weight excluding hydrogens is 444 g/mol. The summed E-state index contributed by atoms with van der Waals surface area (Å²) in [6.45, 7) is 0.986. The highest BCUT2D eigenvalue weighted by Gasteiger charge is 2.28. The second-order valence-corrected chi connectivity index (χ2v) is 9.37. The van der Waals surface area contributed by atoms with Crippen molar-refractivity contribution in [1.29, 1.82) is 0 Å². The number of thioether (sulfide) groups is 1. The summed E-state index contributed by atoms with van der Waals surface area (Å²) < 4.78 is 1.90. The van der Waals surface area contributed by atoms with E-state index in [0.717, 1.165) is 33.0 Å². The van der Waals surface area contributed by atoms with Crippen molar-refractivity contribution in [3.63, 3.8) is 0 Å². The maximum Gasteiger partial charge on any atom is 0.238 e. The summed E-state index contributed by atoms with van der Waals surface area (Å²) in [4.78, 5) is 26.2. The van der Waals surface area contributed by atoms with Crippen LogP contribution in [0.2, 0.25) is 0 Å². The van der Waals surface area contributed by atoms with E-state index in [1.54, 1.807) is 0 Å². The fourth-order valence-corrected chi connectivity index (χ4v) is 5.05. The van der Waals surface area contributed by atoms with Crippen LogP contribution in [0.15, 0.2) is 96.0 Å². The van der Waals surface area contributed by atoms with Crippen molar-refractivity contribution >= 4 is 29.3 Å². The Balaban J connectivity index is 1.28. The summed E-state index contributed by atoms with van der Waals surface area (Å²) >= 11 is 1.43. The van der Waals surface area contributed by atoms with E-state index in [-0.39, 0.29) is 18.2 Å². The summed E-state index contributed by atoms with van der Waals surface area (Å²) in [5.74, 6) is -0.304. The number of hydrogen-bond donors (Lipinski definition) is 2. The summed E-state index contributed by atoms with van der Waals surface area (Å²) in [7, 11) is 0. The van der Waals surface area contributed by atoms with Gasteiger partial charge in [0.1, 0.15) is 0 Å². The molecule has 1 unspecified atom stereocenters. The SMILES string of the molecule is O=C(CC1Sc2ccccc2NC1=O)NCc1cn(Cc2ccccc2)nc1-c1ccccc1. The maximum absolute atomic E-state index is 12.8. The molecule has 0 aliphatic carbocycles. The van der Waals surface area contributed by atoms with E-state index in [1.807, 2.05) is 83.7 Å². The smallest absolute Gasteiger partial charge is 0.238 e. The van der Waals surface area contributed by atoms with Crippen molar-refractivity contribution in [2.75, 3.05) is 5.32 Å². The van der Waals surface area contributed by atoms with Gasteiger partial charge in [0.05, 0.1) is 23.2 Å². The molecule has 1 aliphatic heterocycles. The lowest BCUT2D eigenvalue weighted by Gasteiger charge is -2.23. The van der Waals surface area contributed by atoms with Gasteiger partial charge in [-0.05, 0) is 17.7 Å². The minimum Gasteiger partial charge on any atom is -0.352 e. The van der Waals surface area contributed by atoms with Crippen LogP contribution in [-0.2, 0) is 22.7 Å². The standard InChI is InChI=1S/C27H24N4O2S/c32-25(15-24-27(33)29-22-13-7-8-14-23(22)34-24)28-16-21-18-31(17-19-9-3-1-4-10-19)30-26(21)20-11-5-2-6-12-20/h1-14,18,24H,15-17H2,(H,28,32)(H,29,33). The van der Waals surface area contributed by atoms with Gasteiger partial charge in [0.2, 0.25) is 11.8 Å². The molecule has 2 amide bonds. The van der Waals surface area contributed by atoms with Crippen LogP contribution in [0, 0.1) is 0 Å². The Bertz CT molecular complexity index is 1300. The number of para-hydroxylation sites is 1. The molecule has 0 bridgehead atoms. The first-order chi connectivity index (χ1) is 16.7. The number of carbonyl (C=O) groups is 2. The quantitative estimate of drug-likeness (QED) is 0.412. The lowest BCUT2D eigenvalue weighted by atomic mass is 10.1. The number of benzene rings is 3. The van der Waals surface area contributed by atoms with Crippen molar-refractivity contribution < 1.29 is 9.59 Å². The first-order valence-corrected chi connectivity index (χ1v) is 12.0. The van der Waals surface area contributed by atoms with Gasteiger partial charge in [-0.25, -0.2) is 0 Å². The molecule has 0 saturated carbocycles. The Labute approximate surface area is 202 Å². The Morgan fingerprint density at radius 3 is 2.47 bits per heavy atom. The van der Waals surface area contributed by atoms with Crippen LogP contribution in [-0.4, -0.2) is 26.8 Å². The van der Waals surface area contributed by atoms with Gasteiger partial charge in [0, 0.05) is 35.2 Å². The van der Waals surface area contributed by atoms with Gasteiger partial charge < -0.3 is 10.6 Å². The molecule has 1 aliphatic rings. The number of rotatable bonds is 7. The summed E-state index contributed by atoms with van der Waals surface area (Å²) in [6, 6.07) is 27.7. The summed E-state index contributed by atoms with van der Waals surface area (Å²) in [5, 5.41) is 10.2. The molecule has 5 rings (SSSR count). The van der Waals surface area contributed by atoms with E-state index < -0.39 is 5.25 Å². The number of hydrogen-bond acceptors (Lipinski definition) is 4. The second-order valence-electron chi connectivity index (χ2n) is 8.12. The van der Waals surface area contributed by atoms with Crippen LogP contribution < -0.4 is 10.6 Å². The third-order valence-corrected chi connectivity index (χ3v) is 6.90. The second kappa shape index (κ2) is 9.97. The zero-order chi connectivity index (χ0) is 23.3. The van der Waals surface area contributed by atoms with Crippen LogP contribution in [0.5, 0.6) is 0 Å². The van der Waals surface area contributed by atoms with E-state index in [4.69, 9.17) is 5.10 Å². The molecule has 1 atom stereocenters. The van der Waals surface area contributed by atoms with Crippen LogP contribution in [0.3, 0.4) is 0 Å². The van der Waals surface area contributed by atoms with Gasteiger partial charge in [0.25, 0.3) is 0 Å². The molecule has 7 heteroatoms. The van der Waals surface area contributed by atoms with Crippen molar-refractivity contribution in [2.45, 2.75) is 29.7 Å². The molecule has 0 spiro atoms. The first-order valence-electron chi connectivity index (χ1n) is 11.1. The van der Waals surface area contributed by atoms with Gasteiger partial charge in [-0.3, -0.25) is 14.3 Å². The normalized spacial score (nSPS) is 14.8. The number of aromatic nitrogens is 2. The molecule has 0 radical (unpaired) electrons. The number of anilines is 1. The molecule has 2 heterocycles. The molecule has 2 N–H and O–H groups in total. The topological polar surface area (TPSA) is 76.0 Å². The Kier molecular flexibility index (Phi) is 6.44. The van der Waals surface area contributed by atoms with Crippen LogP contribution in [0.4, 0.5) is 5.69 Å². The largest absolute Gasteiger partial charge is 0.352 e. The fraction of sp³-hybridized carbons (Fsp3) is 0.148. The highest BCUT2D eigenvalue weighted by atomic mass is 32.2. The predicted molar refractivity (Wildman–Crippen MR) is 134 cm³/mol. The average molecular weight is 469 g/mol. The van der Waals surface area contributed by atoms with E-state index in [0.29, 0.717) is 13.1 Å². The highest BCUT2D eigenvalue weighted by molar-refractivity contribution is 8.01. The van der Waals surface area contributed by atoms with Crippen molar-refractivity contribution in [3.8, 4) is 11.3 Å². The molecule has 0 saturated heterocycles. The molecule has 170 valence electrons. The fourth-order valence-electron chi connectivity index (χ4n) is 3.94. The third kappa shape index (κ3) is 5.05. The number of nitrogens with zero attached hydrogens (tertiary/aromatic N) is 2. The Morgan fingerprint density at radius 1 is 0.971 bits per heavy atom.